The van der Waals surface area contributed by atoms with Crippen LogP contribution in [0.15, 0.2) is 24.3 Å². The maximum absolute atomic E-state index is 12.4. The predicted molar refractivity (Wildman–Crippen MR) is 90.3 cm³/mol. The summed E-state index contributed by atoms with van der Waals surface area (Å²) in [5.41, 5.74) is 3.76. The molecule has 0 saturated heterocycles. The molecule has 0 atom stereocenters. The number of aryl methyl sites for hydroxylation is 2. The second-order valence-corrected chi connectivity index (χ2v) is 6.28. The molecule has 1 aromatic carbocycles. The summed E-state index contributed by atoms with van der Waals surface area (Å²) in [6.45, 7) is 10.2. The van der Waals surface area contributed by atoms with E-state index in [0.29, 0.717) is 16.8 Å². The molecular weight excluding hydrogens is 298 g/mol. The predicted octanol–water partition coefficient (Wildman–Crippen LogP) is 4.91. The summed E-state index contributed by atoms with van der Waals surface area (Å²) >= 11 is 5.98. The van der Waals surface area contributed by atoms with Gasteiger partial charge in [-0.15, -0.1) is 0 Å². The smallest absolute Gasteiger partial charge is 0.202 e. The van der Waals surface area contributed by atoms with E-state index in [4.69, 9.17) is 16.3 Å². The van der Waals surface area contributed by atoms with E-state index in [1.54, 1.807) is 12.1 Å². The Bertz CT molecular complexity index is 701. The number of ether oxygens (including phenoxy) is 1. The van der Waals surface area contributed by atoms with Crippen LogP contribution in [-0.4, -0.2) is 17.0 Å². The van der Waals surface area contributed by atoms with Gasteiger partial charge in [0.1, 0.15) is 5.75 Å². The Kier molecular flexibility index (Phi) is 4.97. The Balaban J connectivity index is 2.13. The number of benzene rings is 1. The van der Waals surface area contributed by atoms with E-state index in [1.165, 1.54) is 0 Å². The number of carbonyl (C=O) groups is 1. The van der Waals surface area contributed by atoms with Gasteiger partial charge in [-0.25, -0.2) is 0 Å². The molecule has 0 radical (unpaired) electrons. The average Bonchev–Trinajstić information content (AvgIpc) is 2.75. The molecule has 0 aliphatic carbocycles. The van der Waals surface area contributed by atoms with Crippen LogP contribution in [0.4, 0.5) is 0 Å². The summed E-state index contributed by atoms with van der Waals surface area (Å²) < 4.78 is 7.77. The molecule has 22 heavy (non-hydrogen) atoms. The van der Waals surface area contributed by atoms with Gasteiger partial charge in [-0.2, -0.15) is 0 Å². The third-order valence-electron chi connectivity index (χ3n) is 3.80. The van der Waals surface area contributed by atoms with Gasteiger partial charge in [-0.3, -0.25) is 4.79 Å². The highest BCUT2D eigenvalue weighted by Gasteiger charge is 2.17. The van der Waals surface area contributed by atoms with Crippen LogP contribution in [0.1, 0.15) is 47.2 Å². The van der Waals surface area contributed by atoms with E-state index in [9.17, 15) is 4.79 Å². The van der Waals surface area contributed by atoms with Crippen LogP contribution in [0.5, 0.6) is 5.75 Å². The van der Waals surface area contributed by atoms with Gasteiger partial charge in [-0.05, 0) is 64.4 Å². The molecule has 0 bridgehead atoms. The van der Waals surface area contributed by atoms with Crippen LogP contribution in [0, 0.1) is 20.8 Å². The molecule has 3 nitrogen and oxygen atoms in total. The number of aromatic nitrogens is 1. The lowest BCUT2D eigenvalue weighted by Crippen LogP contribution is -2.13. The molecule has 2 rings (SSSR count). The van der Waals surface area contributed by atoms with Crippen LogP contribution in [0.3, 0.4) is 0 Å². The van der Waals surface area contributed by atoms with Crippen LogP contribution in [0.2, 0.25) is 5.02 Å². The fraction of sp³-hybridized carbons (Fsp3) is 0.389. The first-order valence-corrected chi connectivity index (χ1v) is 7.79. The second kappa shape index (κ2) is 6.57. The summed E-state index contributed by atoms with van der Waals surface area (Å²) in [5, 5.41) is 0.694. The molecular formula is C18H22ClNO2. The van der Waals surface area contributed by atoms with Crippen molar-refractivity contribution >= 4 is 17.4 Å². The lowest BCUT2D eigenvalue weighted by Gasteiger charge is -2.13. The first kappa shape index (κ1) is 16.6. The molecule has 4 heteroatoms. The Morgan fingerprint density at radius 1 is 1.23 bits per heavy atom. The first-order chi connectivity index (χ1) is 10.3. The highest BCUT2D eigenvalue weighted by atomic mass is 35.5. The van der Waals surface area contributed by atoms with Crippen molar-refractivity contribution in [3.63, 3.8) is 0 Å². The van der Waals surface area contributed by atoms with Crippen LogP contribution in [0.25, 0.3) is 0 Å². The third-order valence-corrected chi connectivity index (χ3v) is 4.22. The average molecular weight is 320 g/mol. The van der Waals surface area contributed by atoms with Crippen molar-refractivity contribution in [2.24, 2.45) is 0 Å². The normalized spacial score (nSPS) is 11.0. The number of Topliss-reactive ketones (excluding diaryl/α,β-unsaturated/α-hetero) is 1. The monoisotopic (exact) mass is 319 g/mol. The van der Waals surface area contributed by atoms with Gasteiger partial charge >= 0.3 is 0 Å². The van der Waals surface area contributed by atoms with Crippen molar-refractivity contribution < 1.29 is 9.53 Å². The van der Waals surface area contributed by atoms with Crippen LogP contribution >= 0.6 is 11.6 Å². The highest BCUT2D eigenvalue weighted by Crippen LogP contribution is 2.23. The maximum Gasteiger partial charge on any atom is 0.202 e. The van der Waals surface area contributed by atoms with E-state index in [-0.39, 0.29) is 12.4 Å². The number of carbonyl (C=O) groups excluding carboxylic acids is 1. The Labute approximate surface area is 136 Å². The highest BCUT2D eigenvalue weighted by molar-refractivity contribution is 6.31. The Morgan fingerprint density at radius 2 is 1.91 bits per heavy atom. The minimum atomic E-state index is -0.00685. The van der Waals surface area contributed by atoms with Crippen molar-refractivity contribution in [2.75, 3.05) is 6.61 Å². The number of hydrogen-bond donors (Lipinski definition) is 0. The van der Waals surface area contributed by atoms with Crippen LogP contribution < -0.4 is 4.74 Å². The van der Waals surface area contributed by atoms with Gasteiger partial charge in [0.25, 0.3) is 0 Å². The number of halogens is 1. The fourth-order valence-corrected chi connectivity index (χ4v) is 2.91. The number of nitrogens with zero attached hydrogens (tertiary/aromatic N) is 1. The summed E-state index contributed by atoms with van der Waals surface area (Å²) in [7, 11) is 0. The van der Waals surface area contributed by atoms with Gasteiger partial charge in [-0.1, -0.05) is 11.6 Å². The van der Waals surface area contributed by atoms with E-state index in [1.807, 2.05) is 32.9 Å². The largest absolute Gasteiger partial charge is 0.485 e. The number of rotatable bonds is 5. The van der Waals surface area contributed by atoms with E-state index < -0.39 is 0 Å². The lowest BCUT2D eigenvalue weighted by molar-refractivity contribution is 0.0920. The molecule has 0 N–H and O–H groups in total. The Morgan fingerprint density at radius 3 is 2.45 bits per heavy atom. The quantitative estimate of drug-likeness (QED) is 0.733. The van der Waals surface area contributed by atoms with Crippen molar-refractivity contribution in [2.45, 2.75) is 40.7 Å². The van der Waals surface area contributed by atoms with Gasteiger partial charge in [0.05, 0.1) is 0 Å². The van der Waals surface area contributed by atoms with Crippen molar-refractivity contribution in [1.29, 1.82) is 0 Å². The van der Waals surface area contributed by atoms with Crippen LogP contribution in [-0.2, 0) is 0 Å². The standard InChI is InChI=1S/C18H22ClNO2/c1-11(2)20-13(4)9-16(14(20)5)18(21)10-22-15-6-7-17(19)12(3)8-15/h6-9,11H,10H2,1-5H3. The van der Waals surface area contributed by atoms with E-state index in [0.717, 1.165) is 22.5 Å². The summed E-state index contributed by atoms with van der Waals surface area (Å²) in [6.07, 6.45) is 0. The minimum absolute atomic E-state index is 0.00685. The summed E-state index contributed by atoms with van der Waals surface area (Å²) in [4.78, 5) is 12.4. The van der Waals surface area contributed by atoms with Crippen molar-refractivity contribution in [3.8, 4) is 5.75 Å². The zero-order valence-corrected chi connectivity index (χ0v) is 14.5. The SMILES string of the molecule is Cc1cc(OCC(=O)c2cc(C)n(C(C)C)c2C)ccc1Cl. The lowest BCUT2D eigenvalue weighted by atomic mass is 10.1. The molecule has 0 aliphatic rings. The molecule has 0 spiro atoms. The molecule has 0 saturated carbocycles. The van der Waals surface area contributed by atoms with Gasteiger partial charge < -0.3 is 9.30 Å². The molecule has 0 unspecified atom stereocenters. The molecule has 1 aromatic heterocycles. The summed E-state index contributed by atoms with van der Waals surface area (Å²) in [6, 6.07) is 7.67. The number of hydrogen-bond acceptors (Lipinski definition) is 2. The van der Waals surface area contributed by atoms with Crippen molar-refractivity contribution in [3.05, 3.63) is 51.8 Å². The minimum Gasteiger partial charge on any atom is -0.485 e. The van der Waals surface area contributed by atoms with Gasteiger partial charge in [0.15, 0.2) is 6.61 Å². The third kappa shape index (κ3) is 3.36. The van der Waals surface area contributed by atoms with Gasteiger partial charge in [0, 0.05) is 28.0 Å². The number of ketones is 1. The molecule has 118 valence electrons. The molecule has 1 heterocycles. The van der Waals surface area contributed by atoms with E-state index >= 15 is 0 Å². The second-order valence-electron chi connectivity index (χ2n) is 5.87. The topological polar surface area (TPSA) is 31.2 Å². The first-order valence-electron chi connectivity index (χ1n) is 7.41. The molecule has 0 amide bonds. The summed E-state index contributed by atoms with van der Waals surface area (Å²) in [5.74, 6) is 0.653. The molecule has 2 aromatic rings. The zero-order valence-electron chi connectivity index (χ0n) is 13.7. The fourth-order valence-electron chi connectivity index (χ4n) is 2.79. The Hall–Kier alpha value is -1.74. The maximum atomic E-state index is 12.4. The zero-order chi connectivity index (χ0) is 16.4. The van der Waals surface area contributed by atoms with Gasteiger partial charge in [0.2, 0.25) is 5.78 Å². The van der Waals surface area contributed by atoms with Crippen molar-refractivity contribution in [1.82, 2.24) is 4.57 Å². The molecule has 0 fully saturated rings. The van der Waals surface area contributed by atoms with E-state index in [2.05, 4.69) is 18.4 Å². The molecule has 0 aliphatic heterocycles.